The van der Waals surface area contributed by atoms with Gasteiger partial charge in [0.2, 0.25) is 0 Å². The van der Waals surface area contributed by atoms with Crippen molar-refractivity contribution in [2.45, 2.75) is 271 Å². The number of carbonyl (C=O) groups excluding carboxylic acids is 3. The summed E-state index contributed by atoms with van der Waals surface area (Å²) in [6, 6.07) is 0. The molecule has 0 fully saturated rings. The van der Waals surface area contributed by atoms with Crippen LogP contribution >= 0.6 is 0 Å². The summed E-state index contributed by atoms with van der Waals surface area (Å²) >= 11 is 0. The molecule has 1 atom stereocenters. The standard InChI is InChI=1S/C69H112O6/c1-4-7-10-13-16-19-22-25-28-31-34-37-40-43-46-49-52-55-58-61-67(70)73-64-66(75-69(72)63-60-57-54-51-48-45-42-39-36-33-30-27-24-21-18-15-12-9-6-3)65-74-68(71)62-59-56-53-50-47-44-41-38-35-32-29-26-23-20-17-14-11-8-5-2/h7,10,16-21,25-30,34-39,43,46,66H,4-6,8-9,11-15,22-24,31-33,40-42,44-45,47-65H2,1-3H3/b10-7-,19-16-,20-17-,21-18-,28-25-,29-26-,30-27-,37-34-,38-35-,39-36-,46-43-. The van der Waals surface area contributed by atoms with Gasteiger partial charge in [-0.3, -0.25) is 14.4 Å². The van der Waals surface area contributed by atoms with Crippen LogP contribution in [0.25, 0.3) is 0 Å². The second-order valence-corrected chi connectivity index (χ2v) is 19.9. The van der Waals surface area contributed by atoms with E-state index in [0.29, 0.717) is 19.3 Å². The number of hydrogen-bond donors (Lipinski definition) is 0. The molecule has 0 saturated carbocycles. The lowest BCUT2D eigenvalue weighted by Crippen LogP contribution is -2.30. The van der Waals surface area contributed by atoms with Crippen LogP contribution in [0.3, 0.4) is 0 Å². The van der Waals surface area contributed by atoms with Crippen molar-refractivity contribution in [3.63, 3.8) is 0 Å². The Morgan fingerprint density at radius 2 is 0.520 bits per heavy atom. The zero-order valence-electron chi connectivity index (χ0n) is 48.5. The van der Waals surface area contributed by atoms with E-state index in [9.17, 15) is 14.4 Å². The first kappa shape index (κ1) is 70.5. The Labute approximate surface area is 462 Å². The Kier molecular flexibility index (Phi) is 58.4. The van der Waals surface area contributed by atoms with Crippen molar-refractivity contribution in [2.75, 3.05) is 13.2 Å². The highest BCUT2D eigenvalue weighted by Crippen LogP contribution is 2.14. The molecule has 6 heteroatoms. The van der Waals surface area contributed by atoms with Crippen LogP contribution < -0.4 is 0 Å². The van der Waals surface area contributed by atoms with Crippen molar-refractivity contribution in [2.24, 2.45) is 0 Å². The molecule has 0 aliphatic rings. The normalized spacial score (nSPS) is 13.1. The molecule has 0 aliphatic heterocycles. The molecule has 0 spiro atoms. The first-order valence-corrected chi connectivity index (χ1v) is 30.7. The van der Waals surface area contributed by atoms with E-state index in [1.54, 1.807) is 0 Å². The summed E-state index contributed by atoms with van der Waals surface area (Å²) in [6.07, 6.45) is 87.2. The lowest BCUT2D eigenvalue weighted by Gasteiger charge is -2.18. The lowest BCUT2D eigenvalue weighted by atomic mass is 10.1. The summed E-state index contributed by atoms with van der Waals surface area (Å²) in [6.45, 7) is 6.42. The van der Waals surface area contributed by atoms with Crippen LogP contribution in [0, 0.1) is 0 Å². The molecule has 424 valence electrons. The molecule has 0 amide bonds. The molecular weight excluding hydrogens is 925 g/mol. The predicted octanol–water partition coefficient (Wildman–Crippen LogP) is 21.0. The molecule has 0 aromatic carbocycles. The summed E-state index contributed by atoms with van der Waals surface area (Å²) in [5.74, 6) is -0.963. The number of esters is 3. The van der Waals surface area contributed by atoms with Gasteiger partial charge in [-0.05, 0) is 141 Å². The van der Waals surface area contributed by atoms with Crippen molar-refractivity contribution in [1.82, 2.24) is 0 Å². The molecule has 0 radical (unpaired) electrons. The highest BCUT2D eigenvalue weighted by molar-refractivity contribution is 5.71. The number of allylic oxidation sites excluding steroid dienone is 22. The Morgan fingerprint density at radius 1 is 0.280 bits per heavy atom. The summed E-state index contributed by atoms with van der Waals surface area (Å²) in [5, 5.41) is 0. The average Bonchev–Trinajstić information content (AvgIpc) is 3.41. The molecule has 0 bridgehead atoms. The van der Waals surface area contributed by atoms with E-state index in [1.807, 2.05) is 0 Å². The van der Waals surface area contributed by atoms with Crippen molar-refractivity contribution in [3.8, 4) is 0 Å². The summed E-state index contributed by atoms with van der Waals surface area (Å²) in [4.78, 5) is 38.3. The van der Waals surface area contributed by atoms with Gasteiger partial charge >= 0.3 is 17.9 Å². The van der Waals surface area contributed by atoms with E-state index in [1.165, 1.54) is 77.0 Å². The van der Waals surface area contributed by atoms with Gasteiger partial charge in [0.05, 0.1) is 0 Å². The molecule has 0 rings (SSSR count). The molecule has 0 heterocycles. The minimum atomic E-state index is -0.811. The second-order valence-electron chi connectivity index (χ2n) is 19.9. The number of unbranched alkanes of at least 4 members (excludes halogenated alkanes) is 21. The predicted molar refractivity (Wildman–Crippen MR) is 325 cm³/mol. The van der Waals surface area contributed by atoms with Crippen molar-refractivity contribution in [3.05, 3.63) is 134 Å². The van der Waals surface area contributed by atoms with Crippen LogP contribution in [0.15, 0.2) is 134 Å². The number of rotatable bonds is 54. The van der Waals surface area contributed by atoms with E-state index in [2.05, 4.69) is 154 Å². The minimum Gasteiger partial charge on any atom is -0.462 e. The molecule has 1 unspecified atom stereocenters. The molecule has 0 aromatic rings. The largest absolute Gasteiger partial charge is 0.462 e. The quantitative estimate of drug-likeness (QED) is 0.0261. The molecule has 0 saturated heterocycles. The molecule has 75 heavy (non-hydrogen) atoms. The van der Waals surface area contributed by atoms with Gasteiger partial charge in [-0.2, -0.15) is 0 Å². The third-order valence-corrected chi connectivity index (χ3v) is 12.6. The summed E-state index contributed by atoms with van der Waals surface area (Å²) < 4.78 is 16.9. The molecule has 0 aliphatic carbocycles. The Balaban J connectivity index is 4.53. The second kappa shape index (κ2) is 62.1. The SMILES string of the molecule is CC/C=C\C/C=C\C/C=C\C/C=C\C/C=C\CCCCCC(=O)OCC(COC(=O)CCCCCCCC/C=C\C/C=C\C/C=C\CCCCC)OC(=O)CCCCCCCC/C=C\C/C=C\C/C=C\CCCCC. The smallest absolute Gasteiger partial charge is 0.306 e. The molecule has 0 aromatic heterocycles. The highest BCUT2D eigenvalue weighted by Gasteiger charge is 2.19. The fraction of sp³-hybridized carbons (Fsp3) is 0.638. The fourth-order valence-corrected chi connectivity index (χ4v) is 8.01. The van der Waals surface area contributed by atoms with E-state index in [4.69, 9.17) is 14.2 Å². The fourth-order valence-electron chi connectivity index (χ4n) is 8.01. The number of carbonyl (C=O) groups is 3. The first-order valence-electron chi connectivity index (χ1n) is 30.7. The maximum atomic E-state index is 12.9. The van der Waals surface area contributed by atoms with Gasteiger partial charge < -0.3 is 14.2 Å². The highest BCUT2D eigenvalue weighted by atomic mass is 16.6. The third kappa shape index (κ3) is 60.3. The maximum Gasteiger partial charge on any atom is 0.306 e. The van der Waals surface area contributed by atoms with E-state index in [-0.39, 0.29) is 31.1 Å². The van der Waals surface area contributed by atoms with Gasteiger partial charge in [0.15, 0.2) is 6.10 Å². The maximum absolute atomic E-state index is 12.9. The molecule has 6 nitrogen and oxygen atoms in total. The van der Waals surface area contributed by atoms with E-state index in [0.717, 1.165) is 148 Å². The van der Waals surface area contributed by atoms with Gasteiger partial charge in [0, 0.05) is 19.3 Å². The molecular formula is C69H112O6. The Bertz CT molecular complexity index is 1620. The first-order chi connectivity index (χ1) is 37.0. The van der Waals surface area contributed by atoms with Gasteiger partial charge in [0.25, 0.3) is 0 Å². The van der Waals surface area contributed by atoms with Crippen molar-refractivity contribution < 1.29 is 28.6 Å². The van der Waals surface area contributed by atoms with Crippen LogP contribution in [0.1, 0.15) is 265 Å². The van der Waals surface area contributed by atoms with Crippen molar-refractivity contribution >= 4 is 17.9 Å². The van der Waals surface area contributed by atoms with E-state index >= 15 is 0 Å². The minimum absolute atomic E-state index is 0.105. The van der Waals surface area contributed by atoms with Gasteiger partial charge in [0.1, 0.15) is 13.2 Å². The van der Waals surface area contributed by atoms with Crippen molar-refractivity contribution in [1.29, 1.82) is 0 Å². The van der Waals surface area contributed by atoms with Crippen LogP contribution in [-0.2, 0) is 28.6 Å². The Hall–Kier alpha value is -4.45. The molecule has 0 N–H and O–H groups in total. The van der Waals surface area contributed by atoms with Gasteiger partial charge in [-0.15, -0.1) is 0 Å². The number of hydrogen-bond acceptors (Lipinski definition) is 6. The lowest BCUT2D eigenvalue weighted by molar-refractivity contribution is -0.167. The van der Waals surface area contributed by atoms with E-state index < -0.39 is 6.10 Å². The van der Waals surface area contributed by atoms with Crippen LogP contribution in [0.2, 0.25) is 0 Å². The Morgan fingerprint density at radius 3 is 0.827 bits per heavy atom. The third-order valence-electron chi connectivity index (χ3n) is 12.6. The zero-order valence-corrected chi connectivity index (χ0v) is 48.5. The van der Waals surface area contributed by atoms with Gasteiger partial charge in [-0.25, -0.2) is 0 Å². The van der Waals surface area contributed by atoms with Gasteiger partial charge in [-0.1, -0.05) is 238 Å². The monoisotopic (exact) mass is 1040 g/mol. The topological polar surface area (TPSA) is 78.9 Å². The summed E-state index contributed by atoms with van der Waals surface area (Å²) in [5.41, 5.74) is 0. The van der Waals surface area contributed by atoms with Crippen LogP contribution in [-0.4, -0.2) is 37.2 Å². The van der Waals surface area contributed by atoms with Crippen LogP contribution in [0.5, 0.6) is 0 Å². The number of ether oxygens (including phenoxy) is 3. The summed E-state index contributed by atoms with van der Waals surface area (Å²) in [7, 11) is 0. The van der Waals surface area contributed by atoms with Crippen LogP contribution in [0.4, 0.5) is 0 Å². The average molecular weight is 1040 g/mol. The zero-order chi connectivity index (χ0) is 54.3.